The quantitative estimate of drug-likeness (QED) is 0.637. The lowest BCUT2D eigenvalue weighted by Crippen LogP contribution is -2.66. The largest absolute Gasteiger partial charge is 0.393 e. The van der Waals surface area contributed by atoms with Gasteiger partial charge in [0.25, 0.3) is 0 Å². The maximum atomic E-state index is 12.2. The summed E-state index contributed by atoms with van der Waals surface area (Å²) in [6.45, 7) is 5.81. The van der Waals surface area contributed by atoms with Crippen LogP contribution in [0.3, 0.4) is 0 Å². The van der Waals surface area contributed by atoms with Gasteiger partial charge in [-0.15, -0.1) is 0 Å². The molecule has 0 bridgehead atoms. The van der Waals surface area contributed by atoms with Crippen LogP contribution in [0.15, 0.2) is 11.6 Å². The Hall–Kier alpha value is -0.710. The van der Waals surface area contributed by atoms with Crippen molar-refractivity contribution in [3.63, 3.8) is 0 Å². The maximum absolute atomic E-state index is 12.2. The van der Waals surface area contributed by atoms with E-state index in [1.165, 1.54) is 5.57 Å². The van der Waals surface area contributed by atoms with Gasteiger partial charge in [-0.1, -0.05) is 25.5 Å². The first-order valence-electron chi connectivity index (χ1n) is 9.93. The molecular weight excluding hydrogens is 316 g/mol. The van der Waals surface area contributed by atoms with Crippen molar-refractivity contribution in [2.75, 3.05) is 0 Å². The van der Waals surface area contributed by atoms with E-state index in [2.05, 4.69) is 13.0 Å². The lowest BCUT2D eigenvalue weighted by Gasteiger charge is -2.62. The van der Waals surface area contributed by atoms with Crippen molar-refractivity contribution < 1.29 is 20.1 Å². The Morgan fingerprint density at radius 1 is 1.16 bits per heavy atom. The normalized spacial score (nSPS) is 55.0. The second-order valence-corrected chi connectivity index (χ2v) is 9.65. The van der Waals surface area contributed by atoms with Crippen LogP contribution in [0.5, 0.6) is 0 Å². The Kier molecular flexibility index (Phi) is 3.82. The van der Waals surface area contributed by atoms with E-state index in [4.69, 9.17) is 0 Å². The zero-order valence-electron chi connectivity index (χ0n) is 15.7. The van der Waals surface area contributed by atoms with Crippen molar-refractivity contribution in [3.8, 4) is 0 Å². The van der Waals surface area contributed by atoms with Gasteiger partial charge in [0.1, 0.15) is 5.78 Å². The van der Waals surface area contributed by atoms with E-state index in [0.29, 0.717) is 19.3 Å². The number of aliphatic hydroxyl groups is 3. The number of Topliss-reactive ketones (excluding diaryl/α,β-unsaturated/α-hetero) is 1. The summed E-state index contributed by atoms with van der Waals surface area (Å²) in [6, 6.07) is 0. The molecule has 0 unspecified atom stereocenters. The van der Waals surface area contributed by atoms with E-state index in [9.17, 15) is 20.1 Å². The molecule has 0 radical (unpaired) electrons. The number of ketones is 1. The Bertz CT molecular complexity index is 627. The van der Waals surface area contributed by atoms with Crippen LogP contribution in [-0.4, -0.2) is 38.9 Å². The molecule has 140 valence electrons. The number of carbonyl (C=O) groups excluding carboxylic acids is 1. The molecule has 0 heterocycles. The van der Waals surface area contributed by atoms with Crippen molar-refractivity contribution in [1.82, 2.24) is 0 Å². The third-order valence-electron chi connectivity index (χ3n) is 8.85. The molecule has 25 heavy (non-hydrogen) atoms. The zero-order chi connectivity index (χ0) is 18.2. The van der Waals surface area contributed by atoms with Crippen molar-refractivity contribution in [3.05, 3.63) is 11.6 Å². The Balaban J connectivity index is 1.77. The Labute approximate surface area is 150 Å². The average Bonchev–Trinajstić information content (AvgIpc) is 2.83. The van der Waals surface area contributed by atoms with Gasteiger partial charge in [-0.3, -0.25) is 4.79 Å². The van der Waals surface area contributed by atoms with E-state index in [0.717, 1.165) is 25.7 Å². The second-order valence-electron chi connectivity index (χ2n) is 9.65. The number of hydrogen-bond donors (Lipinski definition) is 3. The molecule has 4 nitrogen and oxygen atoms in total. The minimum absolute atomic E-state index is 0.0471. The molecule has 4 aliphatic carbocycles. The SMILES string of the molecule is CC(=O)[C@@H]1CC[C@]2(O)[C@@H]3CC=C4C[C@@H](O)CC[C@]4(C)[C@@H]3C[C@@H](O)[C@]12C. The fourth-order valence-electron chi connectivity index (χ4n) is 7.24. The number of rotatable bonds is 1. The minimum atomic E-state index is -0.979. The van der Waals surface area contributed by atoms with Gasteiger partial charge < -0.3 is 15.3 Å². The van der Waals surface area contributed by atoms with E-state index < -0.39 is 17.1 Å². The van der Waals surface area contributed by atoms with Gasteiger partial charge in [-0.25, -0.2) is 0 Å². The molecule has 0 spiro atoms. The maximum Gasteiger partial charge on any atom is 0.133 e. The highest BCUT2D eigenvalue weighted by Gasteiger charge is 2.70. The summed E-state index contributed by atoms with van der Waals surface area (Å²) in [7, 11) is 0. The summed E-state index contributed by atoms with van der Waals surface area (Å²) in [5, 5.41) is 33.0. The molecule has 0 aromatic rings. The van der Waals surface area contributed by atoms with Crippen LogP contribution in [0.4, 0.5) is 0 Å². The lowest BCUT2D eigenvalue weighted by molar-refractivity contribution is -0.224. The predicted molar refractivity (Wildman–Crippen MR) is 94.7 cm³/mol. The Morgan fingerprint density at radius 2 is 1.88 bits per heavy atom. The zero-order valence-corrected chi connectivity index (χ0v) is 15.7. The van der Waals surface area contributed by atoms with Gasteiger partial charge in [-0.05, 0) is 69.1 Å². The van der Waals surface area contributed by atoms with Crippen LogP contribution >= 0.6 is 0 Å². The molecule has 3 N–H and O–H groups in total. The van der Waals surface area contributed by atoms with Crippen LogP contribution in [0.2, 0.25) is 0 Å². The van der Waals surface area contributed by atoms with Crippen LogP contribution < -0.4 is 0 Å². The van der Waals surface area contributed by atoms with Gasteiger partial charge in [0.2, 0.25) is 0 Å². The molecule has 8 atom stereocenters. The van der Waals surface area contributed by atoms with Gasteiger partial charge in [0.05, 0.1) is 17.8 Å². The smallest absolute Gasteiger partial charge is 0.133 e. The molecular formula is C21H32O4. The number of aliphatic hydroxyl groups excluding tert-OH is 2. The third-order valence-corrected chi connectivity index (χ3v) is 8.85. The van der Waals surface area contributed by atoms with E-state index >= 15 is 0 Å². The average molecular weight is 348 g/mol. The Morgan fingerprint density at radius 3 is 2.56 bits per heavy atom. The van der Waals surface area contributed by atoms with E-state index in [1.807, 2.05) is 6.92 Å². The molecule has 0 amide bonds. The minimum Gasteiger partial charge on any atom is -0.393 e. The molecule has 4 aliphatic rings. The van der Waals surface area contributed by atoms with Crippen LogP contribution in [-0.2, 0) is 4.79 Å². The van der Waals surface area contributed by atoms with Crippen LogP contribution in [0.25, 0.3) is 0 Å². The monoisotopic (exact) mass is 348 g/mol. The topological polar surface area (TPSA) is 77.8 Å². The highest BCUT2D eigenvalue weighted by molar-refractivity contribution is 5.80. The first-order chi connectivity index (χ1) is 11.6. The number of fused-ring (bicyclic) bond motifs is 5. The summed E-state index contributed by atoms with van der Waals surface area (Å²) < 4.78 is 0. The number of allylic oxidation sites excluding steroid dienone is 1. The van der Waals surface area contributed by atoms with Crippen molar-refractivity contribution in [2.45, 2.75) is 83.5 Å². The first kappa shape index (κ1) is 17.7. The summed E-state index contributed by atoms with van der Waals surface area (Å²) in [4.78, 5) is 12.2. The van der Waals surface area contributed by atoms with Gasteiger partial charge >= 0.3 is 0 Å². The standard InChI is InChI=1S/C21H32O4/c1-12(22)15-7-9-21(25)16-5-4-13-10-14(23)6-8-19(13,2)17(16)11-18(24)20(15,21)3/h4,14-18,23-25H,5-11H2,1-3H3/t14-,15-,16+,17+,18+,19-,20-,21-/m0/s1. The fraction of sp³-hybridized carbons (Fsp3) is 0.857. The second kappa shape index (κ2) is 5.40. The summed E-state index contributed by atoms with van der Waals surface area (Å²) >= 11 is 0. The van der Waals surface area contributed by atoms with Crippen molar-refractivity contribution >= 4 is 5.78 Å². The first-order valence-corrected chi connectivity index (χ1v) is 9.93. The van der Waals surface area contributed by atoms with E-state index in [-0.39, 0.29) is 35.1 Å². The molecule has 4 rings (SSSR count). The van der Waals surface area contributed by atoms with Crippen LogP contribution in [0.1, 0.15) is 65.7 Å². The van der Waals surface area contributed by atoms with Crippen molar-refractivity contribution in [2.24, 2.45) is 28.6 Å². The molecule has 4 heteroatoms. The molecule has 0 aliphatic heterocycles. The number of hydrogen-bond acceptors (Lipinski definition) is 4. The van der Waals surface area contributed by atoms with Gasteiger partial charge in [0.15, 0.2) is 0 Å². The van der Waals surface area contributed by atoms with Gasteiger partial charge in [0, 0.05) is 11.3 Å². The van der Waals surface area contributed by atoms with Crippen molar-refractivity contribution in [1.29, 1.82) is 0 Å². The summed E-state index contributed by atoms with van der Waals surface area (Å²) in [5.41, 5.74) is -0.454. The lowest BCUT2D eigenvalue weighted by atomic mass is 9.45. The third kappa shape index (κ3) is 2.08. The summed E-state index contributed by atoms with van der Waals surface area (Å²) in [5.74, 6) is 0.155. The number of carbonyl (C=O) groups is 1. The molecule has 0 saturated heterocycles. The highest BCUT2D eigenvalue weighted by Crippen LogP contribution is 2.67. The van der Waals surface area contributed by atoms with Crippen LogP contribution in [0, 0.1) is 28.6 Å². The molecule has 0 aromatic heterocycles. The fourth-order valence-corrected chi connectivity index (χ4v) is 7.24. The molecule has 3 saturated carbocycles. The predicted octanol–water partition coefficient (Wildman–Crippen LogP) is 2.60. The highest BCUT2D eigenvalue weighted by atomic mass is 16.3. The molecule has 0 aromatic carbocycles. The van der Waals surface area contributed by atoms with Gasteiger partial charge in [-0.2, -0.15) is 0 Å². The van der Waals surface area contributed by atoms with E-state index in [1.54, 1.807) is 6.92 Å². The molecule has 3 fully saturated rings. The summed E-state index contributed by atoms with van der Waals surface area (Å²) in [6.07, 6.45) is 6.49.